The molecule has 9 heteroatoms. The van der Waals surface area contributed by atoms with Crippen LogP contribution in [0, 0.1) is 11.7 Å². The van der Waals surface area contributed by atoms with Crippen LogP contribution in [0.1, 0.15) is 12.8 Å². The number of aromatic nitrogens is 3. The number of likely N-dealkylation sites (tertiary alicyclic amines) is 1. The number of hydrogen-bond acceptors (Lipinski definition) is 6. The highest BCUT2D eigenvalue weighted by Gasteiger charge is 2.27. The Morgan fingerprint density at radius 2 is 1.89 bits per heavy atom. The molecule has 0 bridgehead atoms. The van der Waals surface area contributed by atoms with Crippen LogP contribution >= 0.6 is 0 Å². The Morgan fingerprint density at radius 1 is 1.05 bits per heavy atom. The first-order chi connectivity index (χ1) is 18.1. The van der Waals surface area contributed by atoms with Gasteiger partial charge < -0.3 is 19.5 Å². The lowest BCUT2D eigenvalue weighted by Crippen LogP contribution is -2.51. The number of carbonyl (C=O) groups is 1. The molecule has 0 saturated carbocycles. The normalized spacial score (nSPS) is 19.0. The van der Waals surface area contributed by atoms with E-state index in [1.165, 1.54) is 17.8 Å². The smallest absolute Gasteiger partial charge is 0.236 e. The van der Waals surface area contributed by atoms with Crippen molar-refractivity contribution >= 4 is 33.5 Å². The molecule has 2 aliphatic heterocycles. The standard InChI is InChI=1S/C28H31FN6O2/c29-21-3-5-22(6-4-21)37-19-20-2-1-11-35(17-20)26(36)18-33-12-14-34(15-13-33)25-8-10-30-24-16-32-28-23(27(24)25)7-9-31-28/h3-10,16,20H,1-2,11-15,17-19H2,(H,31,32). The number of hydrogen-bond donors (Lipinski definition) is 1. The van der Waals surface area contributed by atoms with Gasteiger partial charge in [0.25, 0.3) is 0 Å². The van der Waals surface area contributed by atoms with Crippen LogP contribution in [-0.2, 0) is 4.79 Å². The number of ether oxygens (including phenoxy) is 1. The first kappa shape index (κ1) is 23.7. The molecular formula is C28H31FN6O2. The molecule has 37 heavy (non-hydrogen) atoms. The van der Waals surface area contributed by atoms with Crippen molar-refractivity contribution in [1.82, 2.24) is 24.8 Å². The molecule has 0 spiro atoms. The number of anilines is 1. The fourth-order valence-electron chi connectivity index (χ4n) is 5.51. The van der Waals surface area contributed by atoms with E-state index in [1.807, 2.05) is 23.5 Å². The van der Waals surface area contributed by atoms with E-state index in [1.54, 1.807) is 12.1 Å². The number of H-pyrrole nitrogens is 1. The van der Waals surface area contributed by atoms with Gasteiger partial charge in [-0.05, 0) is 49.2 Å². The van der Waals surface area contributed by atoms with Crippen molar-refractivity contribution in [3.8, 4) is 5.75 Å². The fourth-order valence-corrected chi connectivity index (χ4v) is 5.51. The molecular weight excluding hydrogens is 471 g/mol. The lowest BCUT2D eigenvalue weighted by atomic mass is 9.99. The number of piperazine rings is 1. The summed E-state index contributed by atoms with van der Waals surface area (Å²) >= 11 is 0. The van der Waals surface area contributed by atoms with Gasteiger partial charge in [-0.25, -0.2) is 9.37 Å². The summed E-state index contributed by atoms with van der Waals surface area (Å²) in [7, 11) is 0. The molecule has 3 aromatic heterocycles. The molecule has 0 aliphatic carbocycles. The highest BCUT2D eigenvalue weighted by Crippen LogP contribution is 2.31. The Kier molecular flexibility index (Phi) is 6.61. The monoisotopic (exact) mass is 502 g/mol. The number of halogens is 1. The van der Waals surface area contributed by atoms with Gasteiger partial charge in [0.1, 0.15) is 17.2 Å². The number of carbonyl (C=O) groups excluding carboxylic acids is 1. The summed E-state index contributed by atoms with van der Waals surface area (Å²) in [6.07, 6.45) is 7.60. The van der Waals surface area contributed by atoms with E-state index in [9.17, 15) is 9.18 Å². The maximum absolute atomic E-state index is 13.1. The maximum Gasteiger partial charge on any atom is 0.236 e. The topological polar surface area (TPSA) is 77.6 Å². The van der Waals surface area contributed by atoms with Gasteiger partial charge in [0, 0.05) is 74.0 Å². The highest BCUT2D eigenvalue weighted by atomic mass is 19.1. The number of rotatable bonds is 6. The molecule has 1 amide bonds. The summed E-state index contributed by atoms with van der Waals surface area (Å²) in [5.74, 6) is 0.874. The number of nitrogens with zero attached hydrogens (tertiary/aromatic N) is 5. The second-order valence-electron chi connectivity index (χ2n) is 9.96. The van der Waals surface area contributed by atoms with Gasteiger partial charge in [0.05, 0.1) is 24.9 Å². The van der Waals surface area contributed by atoms with Crippen molar-refractivity contribution < 1.29 is 13.9 Å². The SMILES string of the molecule is O=C(CN1CCN(c2ccnc3cnc4[nH]ccc4c23)CC1)N1CCCC(COc2ccc(F)cc2)C1. The molecule has 2 aliphatic rings. The van der Waals surface area contributed by atoms with Crippen molar-refractivity contribution in [2.75, 3.05) is 57.3 Å². The molecule has 6 rings (SSSR count). The predicted octanol–water partition coefficient (Wildman–Crippen LogP) is 3.69. The minimum absolute atomic E-state index is 0.189. The van der Waals surface area contributed by atoms with E-state index in [2.05, 4.69) is 36.9 Å². The molecule has 1 N–H and O–H groups in total. The third-order valence-corrected chi connectivity index (χ3v) is 7.51. The third kappa shape index (κ3) is 5.09. The minimum Gasteiger partial charge on any atom is -0.493 e. The molecule has 192 valence electrons. The minimum atomic E-state index is -0.271. The molecule has 0 radical (unpaired) electrons. The maximum atomic E-state index is 13.1. The zero-order valence-corrected chi connectivity index (χ0v) is 20.8. The fraction of sp³-hybridized carbons (Fsp3) is 0.393. The first-order valence-corrected chi connectivity index (χ1v) is 13.0. The van der Waals surface area contributed by atoms with Crippen molar-refractivity contribution in [3.05, 3.63) is 60.8 Å². The van der Waals surface area contributed by atoms with E-state index in [0.29, 0.717) is 31.4 Å². The number of benzene rings is 1. The quantitative estimate of drug-likeness (QED) is 0.433. The predicted molar refractivity (Wildman–Crippen MR) is 141 cm³/mol. The second-order valence-corrected chi connectivity index (χ2v) is 9.96. The summed E-state index contributed by atoms with van der Waals surface area (Å²) in [6.45, 7) is 5.88. The van der Waals surface area contributed by atoms with Gasteiger partial charge in [-0.15, -0.1) is 0 Å². The molecule has 1 unspecified atom stereocenters. The molecule has 2 fully saturated rings. The van der Waals surface area contributed by atoms with Crippen molar-refractivity contribution in [2.24, 2.45) is 5.92 Å². The van der Waals surface area contributed by atoms with Gasteiger partial charge in [-0.3, -0.25) is 14.7 Å². The van der Waals surface area contributed by atoms with Crippen molar-refractivity contribution in [2.45, 2.75) is 12.8 Å². The van der Waals surface area contributed by atoms with E-state index in [0.717, 1.165) is 67.5 Å². The lowest BCUT2D eigenvalue weighted by molar-refractivity contribution is -0.134. The van der Waals surface area contributed by atoms with Crippen LogP contribution in [0.15, 0.2) is 55.0 Å². The van der Waals surface area contributed by atoms with Gasteiger partial charge in [-0.2, -0.15) is 0 Å². The number of amides is 1. The van der Waals surface area contributed by atoms with Crippen LogP contribution in [0.2, 0.25) is 0 Å². The van der Waals surface area contributed by atoms with E-state index in [4.69, 9.17) is 4.74 Å². The molecule has 5 heterocycles. The molecule has 2 saturated heterocycles. The highest BCUT2D eigenvalue weighted by molar-refractivity contribution is 6.10. The van der Waals surface area contributed by atoms with E-state index < -0.39 is 0 Å². The van der Waals surface area contributed by atoms with Gasteiger partial charge in [0.2, 0.25) is 5.91 Å². The van der Waals surface area contributed by atoms with Crippen LogP contribution in [0.5, 0.6) is 5.75 Å². The Hall–Kier alpha value is -3.72. The van der Waals surface area contributed by atoms with Gasteiger partial charge in [0.15, 0.2) is 0 Å². The first-order valence-electron chi connectivity index (χ1n) is 13.0. The third-order valence-electron chi connectivity index (χ3n) is 7.51. The van der Waals surface area contributed by atoms with Crippen molar-refractivity contribution in [1.29, 1.82) is 0 Å². The summed E-state index contributed by atoms with van der Waals surface area (Å²) < 4.78 is 19.0. The number of aromatic amines is 1. The summed E-state index contributed by atoms with van der Waals surface area (Å²) in [5, 5.41) is 2.21. The zero-order valence-electron chi connectivity index (χ0n) is 20.8. The molecule has 1 aromatic carbocycles. The number of fused-ring (bicyclic) bond motifs is 3. The zero-order chi connectivity index (χ0) is 25.2. The summed E-state index contributed by atoms with van der Waals surface area (Å²) in [6, 6.07) is 10.2. The Balaban J connectivity index is 1.03. The van der Waals surface area contributed by atoms with E-state index >= 15 is 0 Å². The number of piperidine rings is 1. The average molecular weight is 503 g/mol. The average Bonchev–Trinajstić information content (AvgIpc) is 3.42. The molecule has 1 atom stereocenters. The Morgan fingerprint density at radius 3 is 2.73 bits per heavy atom. The van der Waals surface area contributed by atoms with Crippen molar-refractivity contribution in [3.63, 3.8) is 0 Å². The van der Waals surface area contributed by atoms with Crippen LogP contribution in [0.25, 0.3) is 21.9 Å². The lowest BCUT2D eigenvalue weighted by Gasteiger charge is -2.38. The van der Waals surface area contributed by atoms with Crippen LogP contribution in [-0.4, -0.2) is 83.1 Å². The Bertz CT molecular complexity index is 1380. The molecule has 4 aromatic rings. The van der Waals surface area contributed by atoms with Gasteiger partial charge in [-0.1, -0.05) is 0 Å². The summed E-state index contributed by atoms with van der Waals surface area (Å²) in [5.41, 5.74) is 2.93. The number of nitrogens with one attached hydrogen (secondary N) is 1. The van der Waals surface area contributed by atoms with Gasteiger partial charge >= 0.3 is 0 Å². The van der Waals surface area contributed by atoms with Crippen LogP contribution < -0.4 is 9.64 Å². The van der Waals surface area contributed by atoms with Crippen LogP contribution in [0.3, 0.4) is 0 Å². The largest absolute Gasteiger partial charge is 0.493 e. The van der Waals surface area contributed by atoms with Crippen LogP contribution in [0.4, 0.5) is 10.1 Å². The number of pyridine rings is 2. The molecule has 8 nitrogen and oxygen atoms in total. The van der Waals surface area contributed by atoms with E-state index in [-0.39, 0.29) is 11.7 Å². The second kappa shape index (κ2) is 10.3. The Labute approximate surface area is 215 Å². The summed E-state index contributed by atoms with van der Waals surface area (Å²) in [4.78, 5) is 32.0.